The van der Waals surface area contributed by atoms with Crippen molar-refractivity contribution in [3.05, 3.63) is 59.3 Å². The van der Waals surface area contributed by atoms with E-state index in [1.165, 1.54) is 0 Å². The van der Waals surface area contributed by atoms with Crippen LogP contribution in [0.1, 0.15) is 24.5 Å². The van der Waals surface area contributed by atoms with Crippen LogP contribution in [0.15, 0.2) is 48.2 Å². The monoisotopic (exact) mass is 380 g/mol. The number of rotatable bonds is 3. The summed E-state index contributed by atoms with van der Waals surface area (Å²) in [6.07, 6.45) is 3.42. The van der Waals surface area contributed by atoms with Crippen molar-refractivity contribution in [2.24, 2.45) is 0 Å². The molecule has 0 aromatic heterocycles. The summed E-state index contributed by atoms with van der Waals surface area (Å²) < 4.78 is 11.6. The fourth-order valence-electron chi connectivity index (χ4n) is 3.27. The fourth-order valence-corrected chi connectivity index (χ4v) is 3.56. The Bertz CT molecular complexity index is 939. The molecule has 0 aliphatic carbocycles. The first-order valence-corrected chi connectivity index (χ1v) is 9.43. The first kappa shape index (κ1) is 17.5. The van der Waals surface area contributed by atoms with Gasteiger partial charge in [0.25, 0.3) is 5.91 Å². The largest absolute Gasteiger partial charge is 0.490 e. The average molecular weight is 380 g/mol. The Hall–Kier alpha value is -2.86. The Kier molecular flexibility index (Phi) is 4.81. The third kappa shape index (κ3) is 3.28. The first-order chi connectivity index (χ1) is 13.2. The van der Waals surface area contributed by atoms with Gasteiger partial charge in [0.2, 0.25) is 0 Å². The Labute approximate surface area is 163 Å². The van der Waals surface area contributed by atoms with Gasteiger partial charge < -0.3 is 14.8 Å². The maximum atomic E-state index is 13.1. The first-order valence-electron chi connectivity index (χ1n) is 9.02. The van der Waals surface area contributed by atoms with Crippen molar-refractivity contribution in [3.8, 4) is 11.5 Å². The molecule has 1 N–H and O–H groups in total. The van der Waals surface area contributed by atoms with E-state index in [1.54, 1.807) is 11.0 Å². The molecule has 0 radical (unpaired) electrons. The minimum absolute atomic E-state index is 0.173. The maximum Gasteiger partial charge on any atom is 0.281 e. The van der Waals surface area contributed by atoms with Gasteiger partial charge in [-0.15, -0.1) is 0 Å². The molecule has 0 unspecified atom stereocenters. The van der Waals surface area contributed by atoms with Crippen molar-refractivity contribution >= 4 is 35.0 Å². The van der Waals surface area contributed by atoms with Gasteiger partial charge in [-0.1, -0.05) is 37.3 Å². The number of hydrogen-bond acceptors (Lipinski definition) is 4. The van der Waals surface area contributed by atoms with E-state index < -0.39 is 0 Å². The van der Waals surface area contributed by atoms with Crippen LogP contribution in [0.3, 0.4) is 0 Å². The van der Waals surface area contributed by atoms with Gasteiger partial charge in [0.1, 0.15) is 5.70 Å². The molecule has 4 rings (SSSR count). The predicted molar refractivity (Wildman–Crippen MR) is 109 cm³/mol. The van der Waals surface area contributed by atoms with Crippen molar-refractivity contribution in [2.75, 3.05) is 18.1 Å². The molecular weight excluding hydrogens is 360 g/mol. The Morgan fingerprint density at radius 1 is 1.15 bits per heavy atom. The lowest BCUT2D eigenvalue weighted by molar-refractivity contribution is -0.113. The third-order valence-electron chi connectivity index (χ3n) is 4.59. The molecule has 0 atom stereocenters. The zero-order valence-electron chi connectivity index (χ0n) is 15.0. The van der Waals surface area contributed by atoms with Gasteiger partial charge in [0.15, 0.2) is 16.6 Å². The number of aryl methyl sites for hydroxylation is 1. The summed E-state index contributed by atoms with van der Waals surface area (Å²) in [4.78, 5) is 14.6. The Balaban J connectivity index is 1.71. The summed E-state index contributed by atoms with van der Waals surface area (Å²) in [5.74, 6) is 1.19. The zero-order valence-corrected chi connectivity index (χ0v) is 15.8. The quantitative estimate of drug-likeness (QED) is 0.650. The number of carbonyl (C=O) groups excluding carboxylic acids is 1. The molecule has 2 aromatic carbocycles. The van der Waals surface area contributed by atoms with Crippen LogP contribution in [-0.2, 0) is 11.2 Å². The molecule has 2 heterocycles. The second-order valence-electron chi connectivity index (χ2n) is 6.34. The average Bonchev–Trinajstić information content (AvgIpc) is 2.86. The van der Waals surface area contributed by atoms with Gasteiger partial charge in [0.05, 0.1) is 18.9 Å². The van der Waals surface area contributed by atoms with Crippen LogP contribution in [0.4, 0.5) is 5.69 Å². The van der Waals surface area contributed by atoms with Crippen LogP contribution in [0.25, 0.3) is 6.08 Å². The second-order valence-corrected chi connectivity index (χ2v) is 6.72. The van der Waals surface area contributed by atoms with Crippen molar-refractivity contribution in [1.29, 1.82) is 0 Å². The van der Waals surface area contributed by atoms with Gasteiger partial charge in [0, 0.05) is 12.0 Å². The molecule has 27 heavy (non-hydrogen) atoms. The maximum absolute atomic E-state index is 13.1. The lowest BCUT2D eigenvalue weighted by Crippen LogP contribution is -2.31. The lowest BCUT2D eigenvalue weighted by Gasteiger charge is -2.17. The number of benzene rings is 2. The molecule has 2 aliphatic heterocycles. The van der Waals surface area contributed by atoms with Crippen LogP contribution < -0.4 is 19.7 Å². The molecule has 138 valence electrons. The van der Waals surface area contributed by atoms with Crippen LogP contribution >= 0.6 is 12.2 Å². The number of amides is 1. The van der Waals surface area contributed by atoms with E-state index in [9.17, 15) is 4.79 Å². The number of ether oxygens (including phenoxy) is 2. The summed E-state index contributed by atoms with van der Waals surface area (Å²) in [5, 5.41) is 3.43. The summed E-state index contributed by atoms with van der Waals surface area (Å²) >= 11 is 5.44. The second kappa shape index (κ2) is 7.40. The van der Waals surface area contributed by atoms with Crippen LogP contribution in [-0.4, -0.2) is 24.2 Å². The van der Waals surface area contributed by atoms with E-state index in [0.29, 0.717) is 35.5 Å². The summed E-state index contributed by atoms with van der Waals surface area (Å²) in [6.45, 7) is 3.27. The molecule has 1 fully saturated rings. The van der Waals surface area contributed by atoms with Crippen LogP contribution in [0.5, 0.6) is 11.5 Å². The standard InChI is InChI=1S/C21H20N2O3S/c1-2-14-7-3-4-9-17(14)23-20(24)16(22-21(23)27)13-15-8-5-10-18-19(15)26-12-6-11-25-18/h3-5,7-10,13H,2,6,11-12H2,1H3,(H,22,27). The van der Waals surface area contributed by atoms with Crippen LogP contribution in [0, 0.1) is 0 Å². The number of carbonyl (C=O) groups is 1. The molecular formula is C21H20N2O3S. The molecule has 0 spiro atoms. The highest BCUT2D eigenvalue weighted by molar-refractivity contribution is 7.80. The molecule has 1 amide bonds. The van der Waals surface area contributed by atoms with Gasteiger partial charge in [-0.2, -0.15) is 0 Å². The minimum atomic E-state index is -0.173. The highest BCUT2D eigenvalue weighted by Crippen LogP contribution is 2.35. The molecule has 5 nitrogen and oxygen atoms in total. The fraction of sp³-hybridized carbons (Fsp3) is 0.238. The van der Waals surface area contributed by atoms with E-state index >= 15 is 0 Å². The summed E-state index contributed by atoms with van der Waals surface area (Å²) in [7, 11) is 0. The summed E-state index contributed by atoms with van der Waals surface area (Å²) in [6, 6.07) is 13.5. The molecule has 6 heteroatoms. The highest BCUT2D eigenvalue weighted by atomic mass is 32.1. The van der Waals surface area contributed by atoms with E-state index in [0.717, 1.165) is 29.7 Å². The number of nitrogens with one attached hydrogen (secondary N) is 1. The number of fused-ring (bicyclic) bond motifs is 1. The predicted octanol–water partition coefficient (Wildman–Crippen LogP) is 3.67. The number of nitrogens with zero attached hydrogens (tertiary/aromatic N) is 1. The lowest BCUT2D eigenvalue weighted by atomic mass is 10.1. The third-order valence-corrected chi connectivity index (χ3v) is 4.88. The number of para-hydroxylation sites is 2. The van der Waals surface area contributed by atoms with E-state index in [4.69, 9.17) is 21.7 Å². The molecule has 0 saturated carbocycles. The Morgan fingerprint density at radius 2 is 1.96 bits per heavy atom. The summed E-state index contributed by atoms with van der Waals surface area (Å²) in [5.41, 5.74) is 3.10. The Morgan fingerprint density at radius 3 is 2.81 bits per heavy atom. The van der Waals surface area contributed by atoms with Gasteiger partial charge in [-0.25, -0.2) is 0 Å². The van der Waals surface area contributed by atoms with E-state index in [-0.39, 0.29) is 5.91 Å². The van der Waals surface area contributed by atoms with Crippen molar-refractivity contribution in [1.82, 2.24) is 5.32 Å². The van der Waals surface area contributed by atoms with Crippen LogP contribution in [0.2, 0.25) is 0 Å². The SMILES string of the molecule is CCc1ccccc1N1C(=O)C(=Cc2cccc3c2OCCCO3)NC1=S. The van der Waals surface area contributed by atoms with E-state index in [1.807, 2.05) is 42.5 Å². The minimum Gasteiger partial charge on any atom is -0.490 e. The molecule has 1 saturated heterocycles. The molecule has 2 aromatic rings. The highest BCUT2D eigenvalue weighted by Gasteiger charge is 2.33. The topological polar surface area (TPSA) is 50.8 Å². The van der Waals surface area contributed by atoms with Crippen molar-refractivity contribution in [3.63, 3.8) is 0 Å². The van der Waals surface area contributed by atoms with Gasteiger partial charge in [-0.05, 0) is 42.4 Å². The smallest absolute Gasteiger partial charge is 0.281 e. The molecule has 0 bridgehead atoms. The van der Waals surface area contributed by atoms with Crippen molar-refractivity contribution < 1.29 is 14.3 Å². The number of thiocarbonyl (C=S) groups is 1. The van der Waals surface area contributed by atoms with E-state index in [2.05, 4.69) is 12.2 Å². The van der Waals surface area contributed by atoms with Gasteiger partial charge in [-0.3, -0.25) is 9.69 Å². The molecule has 2 aliphatic rings. The normalized spacial score (nSPS) is 17.8. The number of hydrogen-bond donors (Lipinski definition) is 1. The zero-order chi connectivity index (χ0) is 18.8. The van der Waals surface area contributed by atoms with Gasteiger partial charge >= 0.3 is 0 Å². The number of anilines is 1. The van der Waals surface area contributed by atoms with Crippen molar-refractivity contribution in [2.45, 2.75) is 19.8 Å².